The maximum absolute atomic E-state index is 13.2. The number of rotatable bonds is 7. The van der Waals surface area contributed by atoms with E-state index in [1.807, 2.05) is 21.6 Å². The molecule has 5 nitrogen and oxygen atoms in total. The summed E-state index contributed by atoms with van der Waals surface area (Å²) in [5.41, 5.74) is 0. The summed E-state index contributed by atoms with van der Waals surface area (Å²) in [6.45, 7) is 0.186. The molecule has 0 aliphatic carbocycles. The minimum Gasteiger partial charge on any atom is -0.505 e. The van der Waals surface area contributed by atoms with Crippen LogP contribution in [-0.4, -0.2) is 34.9 Å². The van der Waals surface area contributed by atoms with E-state index >= 15 is 0 Å². The lowest BCUT2D eigenvalue weighted by atomic mass is 10.1. The molecule has 1 aromatic carbocycles. The minimum atomic E-state index is -0.763. The molecule has 1 saturated heterocycles. The molecule has 2 N–H and O–H groups in total. The molecule has 0 bridgehead atoms. The number of benzene rings is 1. The Morgan fingerprint density at radius 3 is 2.88 bits per heavy atom. The van der Waals surface area contributed by atoms with Crippen molar-refractivity contribution in [2.75, 3.05) is 12.3 Å². The van der Waals surface area contributed by atoms with Crippen molar-refractivity contribution in [1.82, 2.24) is 5.32 Å². The fourth-order valence-corrected chi connectivity index (χ4v) is 5.63. The van der Waals surface area contributed by atoms with Gasteiger partial charge in [0.25, 0.3) is 6.29 Å². The normalized spacial score (nSPS) is 21.9. The molecule has 8 heteroatoms. The average molecular weight is 373 g/mol. The van der Waals surface area contributed by atoms with Crippen LogP contribution >= 0.6 is 21.6 Å². The number of carbonyl (C=O) groups excluding carboxylic acids is 1. The molecule has 2 atom stereocenters. The van der Waals surface area contributed by atoms with Crippen LogP contribution in [0, 0.1) is 5.82 Å². The molecule has 1 amide bonds. The van der Waals surface area contributed by atoms with Gasteiger partial charge in [-0.1, -0.05) is 28.0 Å². The number of nitrogens with one attached hydrogen (secondary N) is 1. The Morgan fingerprint density at radius 2 is 2.12 bits per heavy atom. The third kappa shape index (κ3) is 4.63. The van der Waals surface area contributed by atoms with Crippen LogP contribution in [0.2, 0.25) is 0 Å². The van der Waals surface area contributed by atoms with E-state index in [0.29, 0.717) is 6.42 Å². The smallest absolute Gasteiger partial charge is 0.258 e. The lowest BCUT2D eigenvalue weighted by molar-refractivity contribution is -0.122. The van der Waals surface area contributed by atoms with Gasteiger partial charge in [0.2, 0.25) is 5.91 Å². The van der Waals surface area contributed by atoms with Gasteiger partial charge in [0.1, 0.15) is 0 Å². The van der Waals surface area contributed by atoms with E-state index in [2.05, 4.69) is 5.32 Å². The number of hydrogen-bond donors (Lipinski definition) is 2. The molecule has 2 heterocycles. The molecule has 1 fully saturated rings. The van der Waals surface area contributed by atoms with Crippen LogP contribution in [0.15, 0.2) is 12.1 Å². The number of aromatic hydroxyl groups is 1. The van der Waals surface area contributed by atoms with E-state index in [4.69, 9.17) is 9.47 Å². The monoisotopic (exact) mass is 373 g/mol. The zero-order chi connectivity index (χ0) is 16.9. The van der Waals surface area contributed by atoms with Gasteiger partial charge in [-0.2, -0.15) is 0 Å². The Bertz CT molecular complexity index is 565. The summed E-state index contributed by atoms with van der Waals surface area (Å²) >= 11 is 0. The van der Waals surface area contributed by atoms with E-state index in [1.54, 1.807) is 0 Å². The first-order chi connectivity index (χ1) is 11.6. The quantitative estimate of drug-likeness (QED) is 0.564. The molecule has 132 valence electrons. The Balaban J connectivity index is 1.32. The largest absolute Gasteiger partial charge is 0.505 e. The maximum Gasteiger partial charge on any atom is 0.258 e. The van der Waals surface area contributed by atoms with Crippen molar-refractivity contribution in [1.29, 1.82) is 0 Å². The fraction of sp³-hybridized carbons (Fsp3) is 0.562. The number of hydrogen-bond acceptors (Lipinski definition) is 6. The Morgan fingerprint density at radius 1 is 1.33 bits per heavy atom. The van der Waals surface area contributed by atoms with Crippen LogP contribution in [0.25, 0.3) is 0 Å². The zero-order valence-corrected chi connectivity index (χ0v) is 14.8. The number of carbonyl (C=O) groups is 1. The van der Waals surface area contributed by atoms with Crippen LogP contribution in [0.1, 0.15) is 32.1 Å². The standard InChI is InChI=1S/C16H20FNO4S2/c17-11-7-13-14(8-12(11)19)22-16(21-13)9-18-15(20)4-2-1-3-10-5-6-23-24-10/h7-8,10,16,19H,1-6,9H2,(H,18,20). The third-order valence-corrected chi connectivity index (χ3v) is 6.91. The number of amides is 1. The predicted octanol–water partition coefficient (Wildman–Crippen LogP) is 3.46. The van der Waals surface area contributed by atoms with Crippen molar-refractivity contribution in [3.8, 4) is 17.2 Å². The minimum absolute atomic E-state index is 0.0411. The maximum atomic E-state index is 13.2. The second-order valence-electron chi connectivity index (χ2n) is 5.79. The molecule has 2 aliphatic rings. The molecular formula is C16H20FNO4S2. The predicted molar refractivity (Wildman–Crippen MR) is 93.0 cm³/mol. The van der Waals surface area contributed by atoms with Gasteiger partial charge in [0.05, 0.1) is 6.54 Å². The first-order valence-corrected chi connectivity index (χ1v) is 10.4. The second kappa shape index (κ2) is 8.20. The molecule has 0 saturated carbocycles. The summed E-state index contributed by atoms with van der Waals surface area (Å²) in [5, 5.41) is 12.8. The molecule has 24 heavy (non-hydrogen) atoms. The summed E-state index contributed by atoms with van der Waals surface area (Å²) in [6.07, 6.45) is 4.17. The lowest BCUT2D eigenvalue weighted by Crippen LogP contribution is -2.36. The fourth-order valence-electron chi connectivity index (χ4n) is 2.61. The van der Waals surface area contributed by atoms with Gasteiger partial charge in [-0.05, 0) is 19.3 Å². The highest BCUT2D eigenvalue weighted by molar-refractivity contribution is 8.77. The van der Waals surface area contributed by atoms with Crippen molar-refractivity contribution in [3.05, 3.63) is 17.9 Å². The van der Waals surface area contributed by atoms with E-state index in [-0.39, 0.29) is 24.0 Å². The Kier molecular flexibility index (Phi) is 5.99. The lowest BCUT2D eigenvalue weighted by Gasteiger charge is -2.11. The number of unbranched alkanes of at least 4 members (excludes halogenated alkanes) is 1. The van der Waals surface area contributed by atoms with E-state index < -0.39 is 17.9 Å². The number of phenols is 1. The molecule has 3 rings (SSSR count). The summed E-state index contributed by atoms with van der Waals surface area (Å²) in [7, 11) is 3.90. The summed E-state index contributed by atoms with van der Waals surface area (Å²) in [5.74, 6) is 0.459. The van der Waals surface area contributed by atoms with Crippen molar-refractivity contribution in [2.24, 2.45) is 0 Å². The molecule has 0 aromatic heterocycles. The third-order valence-electron chi connectivity index (χ3n) is 3.90. The number of phenolic OH excluding ortho intramolecular Hbond substituents is 1. The van der Waals surface area contributed by atoms with Crippen molar-refractivity contribution >= 4 is 27.5 Å². The number of ether oxygens (including phenoxy) is 2. The van der Waals surface area contributed by atoms with Crippen LogP contribution in [0.5, 0.6) is 17.2 Å². The molecule has 0 radical (unpaired) electrons. The van der Waals surface area contributed by atoms with Gasteiger partial charge < -0.3 is 19.9 Å². The van der Waals surface area contributed by atoms with Gasteiger partial charge in [-0.15, -0.1) is 0 Å². The van der Waals surface area contributed by atoms with Gasteiger partial charge in [0, 0.05) is 29.6 Å². The highest BCUT2D eigenvalue weighted by atomic mass is 33.1. The van der Waals surface area contributed by atoms with Gasteiger partial charge in [-0.3, -0.25) is 4.79 Å². The molecular weight excluding hydrogens is 353 g/mol. The number of halogens is 1. The van der Waals surface area contributed by atoms with E-state index in [1.165, 1.54) is 24.7 Å². The zero-order valence-electron chi connectivity index (χ0n) is 13.1. The van der Waals surface area contributed by atoms with Gasteiger partial charge in [0.15, 0.2) is 23.1 Å². The van der Waals surface area contributed by atoms with Crippen molar-refractivity contribution < 1.29 is 23.8 Å². The molecule has 0 spiro atoms. The second-order valence-corrected chi connectivity index (χ2v) is 8.58. The molecule has 2 unspecified atom stereocenters. The van der Waals surface area contributed by atoms with Gasteiger partial charge >= 0.3 is 0 Å². The SMILES string of the molecule is O=C(CCCCC1CCSS1)NCC1Oc2cc(O)c(F)cc2O1. The summed E-state index contributed by atoms with van der Waals surface area (Å²) in [4.78, 5) is 11.8. The van der Waals surface area contributed by atoms with Crippen molar-refractivity contribution in [2.45, 2.75) is 43.6 Å². The number of fused-ring (bicyclic) bond motifs is 1. The Labute approximate surface area is 148 Å². The highest BCUT2D eigenvalue weighted by Crippen LogP contribution is 2.40. The first-order valence-electron chi connectivity index (χ1n) is 8.02. The van der Waals surface area contributed by atoms with Crippen LogP contribution in [-0.2, 0) is 4.79 Å². The average Bonchev–Trinajstić information content (AvgIpc) is 3.19. The summed E-state index contributed by atoms with van der Waals surface area (Å²) in [6, 6.07) is 2.25. The highest BCUT2D eigenvalue weighted by Gasteiger charge is 2.26. The van der Waals surface area contributed by atoms with Crippen molar-refractivity contribution in [3.63, 3.8) is 0 Å². The van der Waals surface area contributed by atoms with E-state index in [9.17, 15) is 14.3 Å². The Hall–Kier alpha value is -1.28. The van der Waals surface area contributed by atoms with Gasteiger partial charge in [-0.25, -0.2) is 4.39 Å². The van der Waals surface area contributed by atoms with Crippen LogP contribution in [0.3, 0.4) is 0 Å². The topological polar surface area (TPSA) is 67.8 Å². The summed E-state index contributed by atoms with van der Waals surface area (Å²) < 4.78 is 24.1. The van der Waals surface area contributed by atoms with Crippen LogP contribution < -0.4 is 14.8 Å². The molecule has 2 aliphatic heterocycles. The first kappa shape index (κ1) is 17.5. The molecule has 1 aromatic rings. The van der Waals surface area contributed by atoms with Crippen LogP contribution in [0.4, 0.5) is 4.39 Å². The van der Waals surface area contributed by atoms with E-state index in [0.717, 1.165) is 24.2 Å².